The molecule has 4 N–H and O–H groups in total. The SMILES string of the molecule is N=C(CC(O)C(=O)OC(=O)O)OC(=O)O.c1ccc2c(c1)Cc1ccccc1-2. The Morgan fingerprint density at radius 1 is 0.893 bits per heavy atom. The number of hydrogen-bond acceptors (Lipinski definition) is 7. The number of aliphatic hydroxyl groups excluding tert-OH is 1. The normalized spacial score (nSPS) is 11.8. The second kappa shape index (κ2) is 9.28. The summed E-state index contributed by atoms with van der Waals surface area (Å²) in [5, 5.41) is 31.7. The summed E-state index contributed by atoms with van der Waals surface area (Å²) < 4.78 is 7.31. The molecule has 9 heteroatoms. The quantitative estimate of drug-likeness (QED) is 0.231. The lowest BCUT2D eigenvalue weighted by Gasteiger charge is -2.07. The number of rotatable bonds is 3. The maximum atomic E-state index is 10.6. The highest BCUT2D eigenvalue weighted by atomic mass is 16.7. The lowest BCUT2D eigenvalue weighted by atomic mass is 10.1. The molecular formula is C19H17NO8. The van der Waals surface area contributed by atoms with E-state index in [1.54, 1.807) is 0 Å². The third-order valence-electron chi connectivity index (χ3n) is 3.76. The summed E-state index contributed by atoms with van der Waals surface area (Å²) in [4.78, 5) is 30.4. The monoisotopic (exact) mass is 387 g/mol. The molecule has 1 atom stereocenters. The van der Waals surface area contributed by atoms with Gasteiger partial charge in [-0.05, 0) is 28.7 Å². The zero-order valence-electron chi connectivity index (χ0n) is 14.5. The second-order valence-corrected chi connectivity index (χ2v) is 5.69. The maximum absolute atomic E-state index is 10.6. The number of aliphatic hydroxyl groups is 1. The molecule has 0 bridgehead atoms. The van der Waals surface area contributed by atoms with E-state index in [4.69, 9.17) is 20.7 Å². The van der Waals surface area contributed by atoms with Gasteiger partial charge in [-0.15, -0.1) is 0 Å². The van der Waals surface area contributed by atoms with Gasteiger partial charge in [-0.3, -0.25) is 5.41 Å². The summed E-state index contributed by atoms with van der Waals surface area (Å²) in [5.41, 5.74) is 5.75. The van der Waals surface area contributed by atoms with Gasteiger partial charge in [-0.2, -0.15) is 0 Å². The van der Waals surface area contributed by atoms with Crippen molar-refractivity contribution in [3.05, 3.63) is 59.7 Å². The maximum Gasteiger partial charge on any atom is 0.513 e. The molecule has 1 aliphatic carbocycles. The van der Waals surface area contributed by atoms with Crippen LogP contribution in [0.4, 0.5) is 9.59 Å². The van der Waals surface area contributed by atoms with Crippen molar-refractivity contribution in [1.82, 2.24) is 0 Å². The van der Waals surface area contributed by atoms with Gasteiger partial charge in [0.15, 0.2) is 12.0 Å². The molecule has 3 rings (SSSR count). The van der Waals surface area contributed by atoms with Crippen molar-refractivity contribution in [2.75, 3.05) is 0 Å². The van der Waals surface area contributed by atoms with E-state index < -0.39 is 36.7 Å². The van der Waals surface area contributed by atoms with E-state index in [9.17, 15) is 14.4 Å². The molecule has 2 aromatic carbocycles. The molecule has 0 radical (unpaired) electrons. The van der Waals surface area contributed by atoms with E-state index >= 15 is 0 Å². The first-order valence-electron chi connectivity index (χ1n) is 8.05. The van der Waals surface area contributed by atoms with Gasteiger partial charge in [0.2, 0.25) is 0 Å². The number of ether oxygens (including phenoxy) is 2. The standard InChI is InChI=1S/C13H10.C6H7NO8/c1-3-7-12-10(5-1)9-11-6-2-4-8-13(11)12;7-3(14-5(10)11)1-2(8)4(9)15-6(12)13/h1-8H,9H2;2,7-8H,1H2,(H,10,11)(H,12,13). The van der Waals surface area contributed by atoms with Crippen molar-refractivity contribution in [2.45, 2.75) is 18.9 Å². The van der Waals surface area contributed by atoms with Crippen LogP contribution in [0.2, 0.25) is 0 Å². The second-order valence-electron chi connectivity index (χ2n) is 5.69. The number of fused-ring (bicyclic) bond motifs is 3. The first-order chi connectivity index (χ1) is 13.3. The number of hydrogen-bond donors (Lipinski definition) is 4. The Balaban J connectivity index is 0.000000201. The van der Waals surface area contributed by atoms with E-state index in [2.05, 4.69) is 58.0 Å². The predicted octanol–water partition coefficient (Wildman–Crippen LogP) is 2.89. The van der Waals surface area contributed by atoms with Crippen LogP contribution in [0.3, 0.4) is 0 Å². The van der Waals surface area contributed by atoms with E-state index in [1.165, 1.54) is 22.3 Å². The van der Waals surface area contributed by atoms with Gasteiger partial charge in [0.25, 0.3) is 0 Å². The molecule has 0 aromatic heterocycles. The first-order valence-corrected chi connectivity index (χ1v) is 8.05. The van der Waals surface area contributed by atoms with Crippen molar-refractivity contribution in [3.8, 4) is 11.1 Å². The van der Waals surface area contributed by atoms with Gasteiger partial charge in [-0.1, -0.05) is 48.5 Å². The lowest BCUT2D eigenvalue weighted by Crippen LogP contribution is -2.28. The van der Waals surface area contributed by atoms with Gasteiger partial charge in [0, 0.05) is 0 Å². The van der Waals surface area contributed by atoms with Crippen LogP contribution in [0.25, 0.3) is 11.1 Å². The van der Waals surface area contributed by atoms with Gasteiger partial charge in [0.1, 0.15) is 0 Å². The molecular weight excluding hydrogens is 370 g/mol. The van der Waals surface area contributed by atoms with Gasteiger partial charge >= 0.3 is 18.3 Å². The van der Waals surface area contributed by atoms with Crippen molar-refractivity contribution in [1.29, 1.82) is 5.41 Å². The molecule has 1 aliphatic rings. The molecule has 9 nitrogen and oxygen atoms in total. The van der Waals surface area contributed by atoms with Crippen LogP contribution < -0.4 is 0 Å². The Bertz CT molecular complexity index is 865. The van der Waals surface area contributed by atoms with Crippen LogP contribution in [0.1, 0.15) is 17.5 Å². The summed E-state index contributed by atoms with van der Waals surface area (Å²) >= 11 is 0. The van der Waals surface area contributed by atoms with Gasteiger partial charge in [-0.25, -0.2) is 14.4 Å². The molecule has 28 heavy (non-hydrogen) atoms. The summed E-state index contributed by atoms with van der Waals surface area (Å²) in [5.74, 6) is -2.42. The summed E-state index contributed by atoms with van der Waals surface area (Å²) in [7, 11) is 0. The average Bonchev–Trinajstić information content (AvgIpc) is 2.99. The smallest absolute Gasteiger partial charge is 0.449 e. The molecule has 0 saturated carbocycles. The molecule has 0 fully saturated rings. The Morgan fingerprint density at radius 3 is 1.82 bits per heavy atom. The molecule has 1 unspecified atom stereocenters. The van der Waals surface area contributed by atoms with Crippen molar-refractivity contribution < 1.29 is 39.2 Å². The molecule has 146 valence electrons. The molecule has 0 heterocycles. The summed E-state index contributed by atoms with van der Waals surface area (Å²) in [6.07, 6.45) is -5.35. The zero-order chi connectivity index (χ0) is 20.7. The van der Waals surface area contributed by atoms with Gasteiger partial charge < -0.3 is 24.8 Å². The third kappa shape index (κ3) is 5.64. The average molecular weight is 387 g/mol. The highest BCUT2D eigenvalue weighted by Gasteiger charge is 2.23. The van der Waals surface area contributed by atoms with Crippen LogP contribution in [-0.2, 0) is 20.7 Å². The van der Waals surface area contributed by atoms with E-state index in [0.717, 1.165) is 6.42 Å². The summed E-state index contributed by atoms with van der Waals surface area (Å²) in [6, 6.07) is 17.3. The number of carbonyl (C=O) groups is 3. The Labute approximate surface area is 159 Å². The van der Waals surface area contributed by atoms with Crippen molar-refractivity contribution in [2.24, 2.45) is 0 Å². The number of carboxylic acid groups (broad SMARTS) is 2. The fourth-order valence-electron chi connectivity index (χ4n) is 2.64. The Morgan fingerprint density at radius 2 is 1.36 bits per heavy atom. The fraction of sp³-hybridized carbons (Fsp3) is 0.158. The molecule has 0 amide bonds. The highest BCUT2D eigenvalue weighted by Crippen LogP contribution is 2.35. The predicted molar refractivity (Wildman–Crippen MR) is 96.3 cm³/mol. The zero-order valence-corrected chi connectivity index (χ0v) is 14.5. The van der Waals surface area contributed by atoms with Crippen molar-refractivity contribution in [3.63, 3.8) is 0 Å². The van der Waals surface area contributed by atoms with Crippen LogP contribution in [0.5, 0.6) is 0 Å². The third-order valence-corrected chi connectivity index (χ3v) is 3.76. The van der Waals surface area contributed by atoms with Crippen LogP contribution in [-0.4, -0.2) is 45.6 Å². The molecule has 2 aromatic rings. The minimum Gasteiger partial charge on any atom is -0.449 e. The molecule has 0 spiro atoms. The van der Waals surface area contributed by atoms with E-state index in [-0.39, 0.29) is 0 Å². The minimum atomic E-state index is -1.96. The Hall–Kier alpha value is -3.72. The van der Waals surface area contributed by atoms with Crippen LogP contribution in [0, 0.1) is 5.41 Å². The molecule has 0 saturated heterocycles. The van der Waals surface area contributed by atoms with Crippen LogP contribution in [0.15, 0.2) is 48.5 Å². The number of benzene rings is 2. The number of carbonyl (C=O) groups excluding carboxylic acids is 1. The number of nitrogens with one attached hydrogen (secondary N) is 1. The van der Waals surface area contributed by atoms with E-state index in [1.807, 2.05) is 0 Å². The van der Waals surface area contributed by atoms with Gasteiger partial charge in [0.05, 0.1) is 6.42 Å². The topological polar surface area (TPSA) is 154 Å². The largest absolute Gasteiger partial charge is 0.513 e. The summed E-state index contributed by atoms with van der Waals surface area (Å²) in [6.45, 7) is 0. The van der Waals surface area contributed by atoms with E-state index in [0.29, 0.717) is 0 Å². The highest BCUT2D eigenvalue weighted by molar-refractivity contribution is 5.90. The first kappa shape index (κ1) is 20.6. The number of esters is 1. The van der Waals surface area contributed by atoms with Crippen LogP contribution >= 0.6 is 0 Å². The fourth-order valence-corrected chi connectivity index (χ4v) is 2.64. The van der Waals surface area contributed by atoms with Crippen molar-refractivity contribution >= 4 is 24.2 Å². The Kier molecular flexibility index (Phi) is 6.83. The lowest BCUT2D eigenvalue weighted by molar-refractivity contribution is -0.148. The molecule has 0 aliphatic heterocycles. The minimum absolute atomic E-state index is 0.793.